The Morgan fingerprint density at radius 2 is 1.80 bits per heavy atom. The largest absolute Gasteiger partial charge is 0.494 e. The Kier molecular flexibility index (Phi) is 5.59. The molecule has 0 saturated heterocycles. The van der Waals surface area contributed by atoms with Gasteiger partial charge in [-0.05, 0) is 49.3 Å². The van der Waals surface area contributed by atoms with Crippen LogP contribution in [0.2, 0.25) is 0 Å². The zero-order valence-electron chi connectivity index (χ0n) is 13.1. The lowest BCUT2D eigenvalue weighted by Gasteiger charge is -2.23. The number of nitrogens with two attached hydrogens (primary N) is 1. The van der Waals surface area contributed by atoms with Gasteiger partial charge < -0.3 is 10.5 Å². The molecule has 1 aromatic carbocycles. The molecule has 0 aliphatic rings. The van der Waals surface area contributed by atoms with E-state index in [4.69, 9.17) is 15.7 Å². The third kappa shape index (κ3) is 4.86. The Labute approximate surface area is 122 Å². The molecule has 0 amide bonds. The van der Waals surface area contributed by atoms with E-state index in [9.17, 15) is 0 Å². The topological polar surface area (TPSA) is 59.0 Å². The second-order valence-corrected chi connectivity index (χ2v) is 6.24. The average molecular weight is 274 g/mol. The molecule has 1 atom stereocenters. The van der Waals surface area contributed by atoms with Gasteiger partial charge in [0.05, 0.1) is 12.7 Å². The van der Waals surface area contributed by atoms with Crippen LogP contribution >= 0.6 is 0 Å². The van der Waals surface area contributed by atoms with E-state index in [1.54, 1.807) is 6.92 Å². The van der Waals surface area contributed by atoms with Gasteiger partial charge in [-0.25, -0.2) is 0 Å². The number of ether oxygens (including phenoxy) is 1. The molecule has 110 valence electrons. The summed E-state index contributed by atoms with van der Waals surface area (Å²) in [5, 5.41) is 8.82. The highest BCUT2D eigenvalue weighted by atomic mass is 16.5. The summed E-state index contributed by atoms with van der Waals surface area (Å²) in [5.41, 5.74) is 6.54. The molecule has 3 nitrogen and oxygen atoms in total. The average Bonchev–Trinajstić information content (AvgIpc) is 2.44. The van der Waals surface area contributed by atoms with Gasteiger partial charge in [0.2, 0.25) is 0 Å². The summed E-state index contributed by atoms with van der Waals surface area (Å²) >= 11 is 0. The van der Waals surface area contributed by atoms with Crippen molar-refractivity contribution in [1.29, 1.82) is 5.26 Å². The lowest BCUT2D eigenvalue weighted by atomic mass is 9.82. The summed E-state index contributed by atoms with van der Waals surface area (Å²) in [6.45, 7) is 9.02. The molecule has 0 aromatic heterocycles. The van der Waals surface area contributed by atoms with Gasteiger partial charge in [0.25, 0.3) is 0 Å². The fraction of sp³-hybridized carbons (Fsp3) is 0.588. The SMILES string of the molecule is CCC(C)(C)c1ccc(OCCCC(C)(N)C#N)cc1. The summed E-state index contributed by atoms with van der Waals surface area (Å²) < 4.78 is 5.68. The van der Waals surface area contributed by atoms with E-state index in [-0.39, 0.29) is 5.41 Å². The van der Waals surface area contributed by atoms with E-state index < -0.39 is 5.54 Å². The molecule has 1 unspecified atom stereocenters. The van der Waals surface area contributed by atoms with Crippen LogP contribution in [0.5, 0.6) is 5.75 Å². The highest BCUT2D eigenvalue weighted by Gasteiger charge is 2.18. The van der Waals surface area contributed by atoms with Crippen LogP contribution in [0.4, 0.5) is 0 Å². The Bertz CT molecular complexity index is 455. The predicted molar refractivity (Wildman–Crippen MR) is 82.7 cm³/mol. The van der Waals surface area contributed by atoms with Crippen molar-refractivity contribution in [2.45, 2.75) is 57.9 Å². The Morgan fingerprint density at radius 1 is 1.20 bits per heavy atom. The number of hydrogen-bond donors (Lipinski definition) is 1. The first-order valence-electron chi connectivity index (χ1n) is 7.24. The van der Waals surface area contributed by atoms with Crippen molar-refractivity contribution in [3.05, 3.63) is 29.8 Å². The van der Waals surface area contributed by atoms with Crippen molar-refractivity contribution in [2.24, 2.45) is 5.73 Å². The van der Waals surface area contributed by atoms with Crippen molar-refractivity contribution in [3.63, 3.8) is 0 Å². The molecule has 2 N–H and O–H groups in total. The molecule has 0 spiro atoms. The van der Waals surface area contributed by atoms with Crippen molar-refractivity contribution < 1.29 is 4.74 Å². The summed E-state index contributed by atoms with van der Waals surface area (Å²) in [6, 6.07) is 10.4. The van der Waals surface area contributed by atoms with Gasteiger partial charge in [-0.2, -0.15) is 5.26 Å². The minimum Gasteiger partial charge on any atom is -0.494 e. The predicted octanol–water partition coefficient (Wildman–Crippen LogP) is 3.77. The van der Waals surface area contributed by atoms with E-state index in [0.29, 0.717) is 13.0 Å². The van der Waals surface area contributed by atoms with E-state index >= 15 is 0 Å². The Balaban J connectivity index is 2.46. The first kappa shape index (κ1) is 16.5. The van der Waals surface area contributed by atoms with Crippen LogP contribution < -0.4 is 10.5 Å². The zero-order valence-corrected chi connectivity index (χ0v) is 13.1. The van der Waals surface area contributed by atoms with Crippen LogP contribution in [-0.2, 0) is 5.41 Å². The monoisotopic (exact) mass is 274 g/mol. The standard InChI is InChI=1S/C17H26N2O/c1-5-16(2,3)14-7-9-15(10-8-14)20-12-6-11-17(4,19)13-18/h7-10H,5-6,11-12,19H2,1-4H3. The molecule has 0 saturated carbocycles. The fourth-order valence-electron chi connectivity index (χ4n) is 1.89. The molecule has 0 heterocycles. The molecular weight excluding hydrogens is 248 g/mol. The molecule has 20 heavy (non-hydrogen) atoms. The fourth-order valence-corrected chi connectivity index (χ4v) is 1.89. The van der Waals surface area contributed by atoms with E-state index in [1.807, 2.05) is 12.1 Å². The van der Waals surface area contributed by atoms with Crippen LogP contribution in [0.3, 0.4) is 0 Å². The van der Waals surface area contributed by atoms with E-state index in [2.05, 4.69) is 39.0 Å². The summed E-state index contributed by atoms with van der Waals surface area (Å²) in [6.07, 6.45) is 2.53. The first-order chi connectivity index (χ1) is 9.30. The van der Waals surface area contributed by atoms with Crippen LogP contribution in [0.25, 0.3) is 0 Å². The number of nitriles is 1. The van der Waals surface area contributed by atoms with Crippen LogP contribution in [0.1, 0.15) is 52.5 Å². The minimum atomic E-state index is -0.752. The first-order valence-corrected chi connectivity index (χ1v) is 7.24. The highest BCUT2D eigenvalue weighted by Crippen LogP contribution is 2.28. The zero-order chi connectivity index (χ0) is 15.2. The van der Waals surface area contributed by atoms with Crippen LogP contribution in [-0.4, -0.2) is 12.1 Å². The molecular formula is C17H26N2O. The molecule has 3 heteroatoms. The number of benzene rings is 1. The van der Waals surface area contributed by atoms with Gasteiger partial charge in [0, 0.05) is 0 Å². The van der Waals surface area contributed by atoms with Crippen molar-refractivity contribution in [3.8, 4) is 11.8 Å². The van der Waals surface area contributed by atoms with Gasteiger partial charge in [-0.15, -0.1) is 0 Å². The smallest absolute Gasteiger partial charge is 0.119 e. The second-order valence-electron chi connectivity index (χ2n) is 6.24. The summed E-state index contributed by atoms with van der Waals surface area (Å²) in [4.78, 5) is 0. The molecule has 0 aliphatic carbocycles. The lowest BCUT2D eigenvalue weighted by Crippen LogP contribution is -2.34. The summed E-state index contributed by atoms with van der Waals surface area (Å²) in [5.74, 6) is 0.872. The second kappa shape index (κ2) is 6.76. The molecule has 1 aromatic rings. The maximum atomic E-state index is 8.82. The van der Waals surface area contributed by atoms with Crippen molar-refractivity contribution in [1.82, 2.24) is 0 Å². The van der Waals surface area contributed by atoms with Gasteiger partial charge in [-0.3, -0.25) is 0 Å². The van der Waals surface area contributed by atoms with E-state index in [0.717, 1.165) is 18.6 Å². The molecule has 1 rings (SSSR count). The third-order valence-corrected chi connectivity index (χ3v) is 3.88. The third-order valence-electron chi connectivity index (χ3n) is 3.88. The highest BCUT2D eigenvalue weighted by molar-refractivity contribution is 5.31. The van der Waals surface area contributed by atoms with Gasteiger partial charge in [0.15, 0.2) is 0 Å². The van der Waals surface area contributed by atoms with Gasteiger partial charge in [0.1, 0.15) is 11.3 Å². The molecule has 0 fully saturated rings. The quantitative estimate of drug-likeness (QED) is 0.770. The van der Waals surface area contributed by atoms with Crippen LogP contribution in [0, 0.1) is 11.3 Å². The molecule has 0 aliphatic heterocycles. The lowest BCUT2D eigenvalue weighted by molar-refractivity contribution is 0.296. The maximum absolute atomic E-state index is 8.82. The number of rotatable bonds is 7. The number of hydrogen-bond acceptors (Lipinski definition) is 3. The number of nitrogens with zero attached hydrogens (tertiary/aromatic N) is 1. The molecule has 0 radical (unpaired) electrons. The van der Waals surface area contributed by atoms with Crippen molar-refractivity contribution in [2.75, 3.05) is 6.61 Å². The summed E-state index contributed by atoms with van der Waals surface area (Å²) in [7, 11) is 0. The maximum Gasteiger partial charge on any atom is 0.119 e. The minimum absolute atomic E-state index is 0.201. The Hall–Kier alpha value is -1.53. The van der Waals surface area contributed by atoms with E-state index in [1.165, 1.54) is 5.56 Å². The van der Waals surface area contributed by atoms with Gasteiger partial charge >= 0.3 is 0 Å². The van der Waals surface area contributed by atoms with Gasteiger partial charge in [-0.1, -0.05) is 32.9 Å². The Morgan fingerprint density at radius 3 is 2.30 bits per heavy atom. The normalized spacial score (nSPS) is 14.4. The van der Waals surface area contributed by atoms with Crippen molar-refractivity contribution >= 4 is 0 Å². The van der Waals surface area contributed by atoms with Crippen LogP contribution in [0.15, 0.2) is 24.3 Å². The molecule has 0 bridgehead atoms.